The van der Waals surface area contributed by atoms with Crippen LogP contribution in [0.1, 0.15) is 32.6 Å². The highest BCUT2D eigenvalue weighted by Crippen LogP contribution is 2.35. The maximum absolute atomic E-state index is 6.07. The molecule has 0 spiro atoms. The average molecular weight is 278 g/mol. The molecule has 20 heavy (non-hydrogen) atoms. The first-order valence-corrected chi connectivity index (χ1v) is 7.39. The van der Waals surface area contributed by atoms with Crippen molar-refractivity contribution in [1.29, 1.82) is 0 Å². The first-order valence-electron chi connectivity index (χ1n) is 7.39. The van der Waals surface area contributed by atoms with E-state index >= 15 is 0 Å². The average Bonchev–Trinajstić information content (AvgIpc) is 2.45. The van der Waals surface area contributed by atoms with Crippen molar-refractivity contribution in [3.05, 3.63) is 12.1 Å². The van der Waals surface area contributed by atoms with Gasteiger partial charge in [-0.25, -0.2) is 0 Å². The molecule has 1 fully saturated rings. The van der Waals surface area contributed by atoms with Crippen LogP contribution in [0.3, 0.4) is 0 Å². The zero-order valence-corrected chi connectivity index (χ0v) is 12.7. The van der Waals surface area contributed by atoms with E-state index in [0.29, 0.717) is 17.2 Å². The quantitative estimate of drug-likeness (QED) is 0.809. The van der Waals surface area contributed by atoms with Crippen molar-refractivity contribution in [3.63, 3.8) is 0 Å². The number of nitrogens with one attached hydrogen (secondary N) is 1. The number of nitrogen functional groups attached to an aromatic ring is 1. The lowest BCUT2D eigenvalue weighted by molar-refractivity contribution is 0.293. The summed E-state index contributed by atoms with van der Waals surface area (Å²) in [5.74, 6) is 2.97. The molecule has 0 aromatic heterocycles. The van der Waals surface area contributed by atoms with Crippen molar-refractivity contribution >= 4 is 11.4 Å². The van der Waals surface area contributed by atoms with Crippen LogP contribution in [0.5, 0.6) is 11.5 Å². The Morgan fingerprint density at radius 3 is 2.55 bits per heavy atom. The van der Waals surface area contributed by atoms with Crippen molar-refractivity contribution in [3.8, 4) is 11.5 Å². The maximum atomic E-state index is 6.07. The van der Waals surface area contributed by atoms with Crippen LogP contribution in [0.2, 0.25) is 0 Å². The number of hydrogen-bond acceptors (Lipinski definition) is 4. The fourth-order valence-corrected chi connectivity index (χ4v) is 3.05. The third-order valence-electron chi connectivity index (χ3n) is 4.18. The fraction of sp³-hybridized carbons (Fsp3) is 0.625. The summed E-state index contributed by atoms with van der Waals surface area (Å²) in [5.41, 5.74) is 7.70. The van der Waals surface area contributed by atoms with Gasteiger partial charge in [-0.1, -0.05) is 19.8 Å². The molecular weight excluding hydrogens is 252 g/mol. The van der Waals surface area contributed by atoms with E-state index in [2.05, 4.69) is 12.2 Å². The van der Waals surface area contributed by atoms with E-state index in [0.717, 1.165) is 24.1 Å². The zero-order chi connectivity index (χ0) is 14.5. The summed E-state index contributed by atoms with van der Waals surface area (Å²) in [4.78, 5) is 0. The van der Waals surface area contributed by atoms with Gasteiger partial charge in [-0.2, -0.15) is 0 Å². The van der Waals surface area contributed by atoms with Crippen LogP contribution < -0.4 is 20.5 Å². The largest absolute Gasteiger partial charge is 0.493 e. The molecule has 3 N–H and O–H groups in total. The van der Waals surface area contributed by atoms with Gasteiger partial charge in [-0.3, -0.25) is 0 Å². The second kappa shape index (κ2) is 6.73. The Kier molecular flexibility index (Phi) is 4.99. The Morgan fingerprint density at radius 1 is 1.20 bits per heavy atom. The van der Waals surface area contributed by atoms with Crippen LogP contribution in [0.25, 0.3) is 0 Å². The van der Waals surface area contributed by atoms with Crippen molar-refractivity contribution in [2.45, 2.75) is 32.6 Å². The van der Waals surface area contributed by atoms with Crippen LogP contribution in [-0.4, -0.2) is 20.8 Å². The number of ether oxygens (including phenoxy) is 2. The van der Waals surface area contributed by atoms with Crippen LogP contribution in [-0.2, 0) is 0 Å². The molecule has 1 aliphatic rings. The van der Waals surface area contributed by atoms with Crippen molar-refractivity contribution in [2.24, 2.45) is 11.8 Å². The van der Waals surface area contributed by atoms with Gasteiger partial charge in [0.2, 0.25) is 0 Å². The fourth-order valence-electron chi connectivity index (χ4n) is 3.05. The van der Waals surface area contributed by atoms with E-state index < -0.39 is 0 Å². The van der Waals surface area contributed by atoms with E-state index in [1.807, 2.05) is 12.1 Å². The minimum atomic E-state index is 0.668. The Balaban J connectivity index is 2.01. The predicted octanol–water partition coefficient (Wildman–Crippen LogP) is 3.52. The van der Waals surface area contributed by atoms with Crippen LogP contribution in [0, 0.1) is 11.8 Å². The summed E-state index contributed by atoms with van der Waals surface area (Å²) in [5, 5.41) is 3.47. The second-order valence-corrected chi connectivity index (χ2v) is 5.81. The molecular formula is C16H26N2O2. The highest BCUT2D eigenvalue weighted by atomic mass is 16.5. The number of anilines is 2. The highest BCUT2D eigenvalue weighted by molar-refractivity contribution is 5.72. The molecule has 2 atom stereocenters. The molecule has 4 heteroatoms. The Hall–Kier alpha value is -1.58. The van der Waals surface area contributed by atoms with Gasteiger partial charge in [-0.15, -0.1) is 0 Å². The normalized spacial score (nSPS) is 22.4. The molecule has 112 valence electrons. The minimum absolute atomic E-state index is 0.668. The van der Waals surface area contributed by atoms with Crippen LogP contribution in [0.15, 0.2) is 12.1 Å². The summed E-state index contributed by atoms with van der Waals surface area (Å²) < 4.78 is 10.6. The van der Waals surface area contributed by atoms with Gasteiger partial charge in [0, 0.05) is 18.7 Å². The van der Waals surface area contributed by atoms with Gasteiger partial charge in [-0.05, 0) is 24.7 Å². The topological polar surface area (TPSA) is 56.5 Å². The number of methoxy groups -OCH3 is 2. The lowest BCUT2D eigenvalue weighted by Gasteiger charge is -2.27. The molecule has 2 unspecified atom stereocenters. The van der Waals surface area contributed by atoms with Gasteiger partial charge < -0.3 is 20.5 Å². The van der Waals surface area contributed by atoms with Gasteiger partial charge in [0.1, 0.15) is 0 Å². The Morgan fingerprint density at radius 2 is 1.90 bits per heavy atom. The van der Waals surface area contributed by atoms with Crippen LogP contribution >= 0.6 is 0 Å². The molecule has 0 heterocycles. The molecule has 2 rings (SSSR count). The van der Waals surface area contributed by atoms with E-state index in [1.165, 1.54) is 25.7 Å². The summed E-state index contributed by atoms with van der Waals surface area (Å²) in [6.45, 7) is 3.32. The van der Waals surface area contributed by atoms with E-state index in [1.54, 1.807) is 14.2 Å². The third kappa shape index (κ3) is 3.50. The van der Waals surface area contributed by atoms with E-state index in [4.69, 9.17) is 15.2 Å². The molecule has 1 aromatic carbocycles. The monoisotopic (exact) mass is 278 g/mol. The van der Waals surface area contributed by atoms with Crippen molar-refractivity contribution in [1.82, 2.24) is 0 Å². The summed E-state index contributed by atoms with van der Waals surface area (Å²) in [6, 6.07) is 3.73. The SMILES string of the molecule is COc1cc(N)c(NCC2CCCC(C)C2)cc1OC. The molecule has 0 bridgehead atoms. The van der Waals surface area contributed by atoms with Crippen molar-refractivity contribution in [2.75, 3.05) is 31.8 Å². The van der Waals surface area contributed by atoms with E-state index in [-0.39, 0.29) is 0 Å². The minimum Gasteiger partial charge on any atom is -0.493 e. The van der Waals surface area contributed by atoms with Gasteiger partial charge >= 0.3 is 0 Å². The Bertz CT molecular complexity index is 448. The highest BCUT2D eigenvalue weighted by Gasteiger charge is 2.19. The predicted molar refractivity (Wildman–Crippen MR) is 83.6 cm³/mol. The molecule has 0 amide bonds. The number of benzene rings is 1. The van der Waals surface area contributed by atoms with E-state index in [9.17, 15) is 0 Å². The van der Waals surface area contributed by atoms with Gasteiger partial charge in [0.15, 0.2) is 11.5 Å². The molecule has 0 saturated heterocycles. The number of hydrogen-bond donors (Lipinski definition) is 2. The van der Waals surface area contributed by atoms with Gasteiger partial charge in [0.05, 0.1) is 25.6 Å². The maximum Gasteiger partial charge on any atom is 0.162 e. The van der Waals surface area contributed by atoms with Gasteiger partial charge in [0.25, 0.3) is 0 Å². The first kappa shape index (κ1) is 14.8. The molecule has 4 nitrogen and oxygen atoms in total. The van der Waals surface area contributed by atoms with Crippen LogP contribution in [0.4, 0.5) is 11.4 Å². The van der Waals surface area contributed by atoms with Crippen molar-refractivity contribution < 1.29 is 9.47 Å². The summed E-state index contributed by atoms with van der Waals surface area (Å²) >= 11 is 0. The standard InChI is InChI=1S/C16H26N2O2/c1-11-5-4-6-12(7-11)10-18-14-9-16(20-3)15(19-2)8-13(14)17/h8-9,11-12,18H,4-7,10,17H2,1-3H3. The number of rotatable bonds is 5. The molecule has 0 aliphatic heterocycles. The zero-order valence-electron chi connectivity index (χ0n) is 12.7. The third-order valence-corrected chi connectivity index (χ3v) is 4.18. The second-order valence-electron chi connectivity index (χ2n) is 5.81. The smallest absolute Gasteiger partial charge is 0.162 e. The molecule has 0 radical (unpaired) electrons. The lowest BCUT2D eigenvalue weighted by Crippen LogP contribution is -2.21. The number of nitrogens with two attached hydrogens (primary N) is 1. The Labute approximate surface area is 121 Å². The molecule has 1 aliphatic carbocycles. The molecule has 1 aromatic rings. The summed E-state index contributed by atoms with van der Waals surface area (Å²) in [7, 11) is 3.26. The summed E-state index contributed by atoms with van der Waals surface area (Å²) in [6.07, 6.45) is 5.33. The molecule has 1 saturated carbocycles. The lowest BCUT2D eigenvalue weighted by atomic mass is 9.82. The first-order chi connectivity index (χ1) is 9.63.